The third-order valence-electron chi connectivity index (χ3n) is 4.57. The number of nitrogens with one attached hydrogen (secondary N) is 1. The molecule has 5 heteroatoms. The zero-order chi connectivity index (χ0) is 19.5. The summed E-state index contributed by atoms with van der Waals surface area (Å²) in [7, 11) is 1.62. The molecule has 0 aliphatic rings. The van der Waals surface area contributed by atoms with Gasteiger partial charge in [-0.05, 0) is 54.4 Å². The number of amides is 1. The minimum atomic E-state index is -0.0906. The number of carbonyl (C=O) groups is 1. The Balaban J connectivity index is 1.51. The molecule has 0 fully saturated rings. The van der Waals surface area contributed by atoms with Gasteiger partial charge in [-0.2, -0.15) is 0 Å². The molecule has 0 atom stereocenters. The van der Waals surface area contributed by atoms with Crippen molar-refractivity contribution < 1.29 is 13.9 Å². The third kappa shape index (κ3) is 3.74. The van der Waals surface area contributed by atoms with Crippen molar-refractivity contribution in [3.8, 4) is 17.2 Å². The Morgan fingerprint density at radius 2 is 1.86 bits per heavy atom. The number of aromatic nitrogens is 1. The first-order valence-electron chi connectivity index (χ1n) is 9.02. The second-order valence-corrected chi connectivity index (χ2v) is 6.59. The maximum absolute atomic E-state index is 12.4. The molecule has 1 amide bonds. The van der Waals surface area contributed by atoms with E-state index in [9.17, 15) is 4.79 Å². The molecule has 1 N–H and O–H groups in total. The van der Waals surface area contributed by atoms with E-state index in [2.05, 4.69) is 10.3 Å². The number of rotatable bonds is 5. The van der Waals surface area contributed by atoms with Crippen molar-refractivity contribution in [2.24, 2.45) is 0 Å². The summed E-state index contributed by atoms with van der Waals surface area (Å²) in [4.78, 5) is 16.9. The summed E-state index contributed by atoms with van der Waals surface area (Å²) in [5, 5.41) is 2.92. The van der Waals surface area contributed by atoms with Crippen molar-refractivity contribution in [2.45, 2.75) is 13.3 Å². The number of anilines is 1. The van der Waals surface area contributed by atoms with Crippen LogP contribution in [-0.4, -0.2) is 18.0 Å². The van der Waals surface area contributed by atoms with Crippen molar-refractivity contribution in [3.05, 3.63) is 77.9 Å². The zero-order valence-electron chi connectivity index (χ0n) is 15.7. The van der Waals surface area contributed by atoms with Crippen LogP contribution in [0.2, 0.25) is 0 Å². The summed E-state index contributed by atoms with van der Waals surface area (Å²) in [6.45, 7) is 2.02. The average molecular weight is 372 g/mol. The van der Waals surface area contributed by atoms with Gasteiger partial charge in [-0.25, -0.2) is 4.98 Å². The molecule has 1 heterocycles. The van der Waals surface area contributed by atoms with E-state index in [-0.39, 0.29) is 12.3 Å². The summed E-state index contributed by atoms with van der Waals surface area (Å²) >= 11 is 0. The highest BCUT2D eigenvalue weighted by Gasteiger charge is 2.11. The Labute approximate surface area is 163 Å². The fourth-order valence-electron chi connectivity index (χ4n) is 3.07. The van der Waals surface area contributed by atoms with Crippen molar-refractivity contribution in [1.82, 2.24) is 4.98 Å². The molecule has 28 heavy (non-hydrogen) atoms. The predicted octanol–water partition coefficient (Wildman–Crippen LogP) is 4.99. The van der Waals surface area contributed by atoms with Gasteiger partial charge in [0.15, 0.2) is 5.58 Å². The second kappa shape index (κ2) is 7.56. The number of nitrogens with zero attached hydrogens (tertiary/aromatic N) is 1. The van der Waals surface area contributed by atoms with Gasteiger partial charge in [0, 0.05) is 11.3 Å². The molecule has 0 unspecified atom stereocenters. The molecular formula is C23H20N2O3. The number of hydrogen-bond acceptors (Lipinski definition) is 4. The number of methoxy groups -OCH3 is 1. The largest absolute Gasteiger partial charge is 0.497 e. The first kappa shape index (κ1) is 17.8. The van der Waals surface area contributed by atoms with Gasteiger partial charge in [-0.1, -0.05) is 30.3 Å². The van der Waals surface area contributed by atoms with Gasteiger partial charge in [0.25, 0.3) is 0 Å². The molecule has 3 aromatic carbocycles. The minimum Gasteiger partial charge on any atom is -0.497 e. The number of aryl methyl sites for hydroxylation is 1. The van der Waals surface area contributed by atoms with E-state index in [0.717, 1.165) is 22.4 Å². The molecule has 1 aromatic heterocycles. The van der Waals surface area contributed by atoms with Gasteiger partial charge in [-0.15, -0.1) is 0 Å². The van der Waals surface area contributed by atoms with Crippen LogP contribution < -0.4 is 10.1 Å². The molecule has 0 aliphatic carbocycles. The van der Waals surface area contributed by atoms with E-state index >= 15 is 0 Å². The van der Waals surface area contributed by atoms with E-state index in [1.165, 1.54) is 0 Å². The summed E-state index contributed by atoms with van der Waals surface area (Å²) in [5.74, 6) is 1.26. The van der Waals surface area contributed by atoms with E-state index in [0.29, 0.717) is 22.7 Å². The number of oxazole rings is 1. The topological polar surface area (TPSA) is 64.4 Å². The van der Waals surface area contributed by atoms with Crippen LogP contribution in [0.3, 0.4) is 0 Å². The molecule has 0 radical (unpaired) electrons. The summed E-state index contributed by atoms with van der Waals surface area (Å²) in [6, 6.07) is 20.9. The van der Waals surface area contributed by atoms with Crippen molar-refractivity contribution in [2.75, 3.05) is 12.4 Å². The smallest absolute Gasteiger partial charge is 0.228 e. The van der Waals surface area contributed by atoms with E-state index in [1.807, 2.05) is 73.7 Å². The molecule has 4 aromatic rings. The number of benzene rings is 3. The van der Waals surface area contributed by atoms with Crippen LogP contribution in [0, 0.1) is 6.92 Å². The van der Waals surface area contributed by atoms with Crippen LogP contribution in [0.25, 0.3) is 22.6 Å². The highest BCUT2D eigenvalue weighted by atomic mass is 16.5. The molecule has 5 nitrogen and oxygen atoms in total. The zero-order valence-corrected chi connectivity index (χ0v) is 15.7. The Morgan fingerprint density at radius 1 is 1.07 bits per heavy atom. The first-order chi connectivity index (χ1) is 13.6. The molecule has 0 saturated heterocycles. The first-order valence-corrected chi connectivity index (χ1v) is 9.02. The SMILES string of the molecule is COc1ccc(CC(=O)Nc2ccc3oc(-c4ccccc4C)nc3c2)cc1. The second-order valence-electron chi connectivity index (χ2n) is 6.59. The van der Waals surface area contributed by atoms with Crippen molar-refractivity contribution >= 4 is 22.7 Å². The van der Waals surface area contributed by atoms with Gasteiger partial charge >= 0.3 is 0 Å². The van der Waals surface area contributed by atoms with Gasteiger partial charge in [0.2, 0.25) is 11.8 Å². The van der Waals surface area contributed by atoms with Crippen LogP contribution in [0.4, 0.5) is 5.69 Å². The van der Waals surface area contributed by atoms with Crippen molar-refractivity contribution in [1.29, 1.82) is 0 Å². The van der Waals surface area contributed by atoms with Gasteiger partial charge < -0.3 is 14.5 Å². The minimum absolute atomic E-state index is 0.0906. The number of hydrogen-bond donors (Lipinski definition) is 1. The Morgan fingerprint density at radius 3 is 2.61 bits per heavy atom. The standard InChI is InChI=1S/C23H20N2O3/c1-15-5-3-4-6-19(15)23-25-20-14-17(9-12-21(20)28-23)24-22(26)13-16-7-10-18(27-2)11-8-16/h3-12,14H,13H2,1-2H3,(H,24,26). The molecule has 0 spiro atoms. The van der Waals surface area contributed by atoms with Crippen LogP contribution in [0.5, 0.6) is 5.75 Å². The fourth-order valence-corrected chi connectivity index (χ4v) is 3.07. The lowest BCUT2D eigenvalue weighted by molar-refractivity contribution is -0.115. The maximum Gasteiger partial charge on any atom is 0.228 e. The molecule has 0 saturated carbocycles. The van der Waals surface area contributed by atoms with E-state index in [4.69, 9.17) is 9.15 Å². The lowest BCUT2D eigenvalue weighted by atomic mass is 10.1. The molecule has 140 valence electrons. The summed E-state index contributed by atoms with van der Waals surface area (Å²) in [6.07, 6.45) is 0.287. The number of fused-ring (bicyclic) bond motifs is 1. The Hall–Kier alpha value is -3.60. The Kier molecular flexibility index (Phi) is 4.81. The van der Waals surface area contributed by atoms with Gasteiger partial charge in [-0.3, -0.25) is 4.79 Å². The lowest BCUT2D eigenvalue weighted by Gasteiger charge is -2.06. The van der Waals surface area contributed by atoms with E-state index in [1.54, 1.807) is 7.11 Å². The van der Waals surface area contributed by atoms with Crippen LogP contribution in [0.15, 0.2) is 71.1 Å². The van der Waals surface area contributed by atoms with Gasteiger partial charge in [0.1, 0.15) is 11.3 Å². The molecule has 4 rings (SSSR count). The van der Waals surface area contributed by atoms with Gasteiger partial charge in [0.05, 0.1) is 13.5 Å². The lowest BCUT2D eigenvalue weighted by Crippen LogP contribution is -2.14. The Bertz CT molecular complexity index is 1130. The molecule has 0 aliphatic heterocycles. The average Bonchev–Trinajstić information content (AvgIpc) is 3.12. The van der Waals surface area contributed by atoms with Crippen LogP contribution in [-0.2, 0) is 11.2 Å². The predicted molar refractivity (Wildman–Crippen MR) is 110 cm³/mol. The number of carbonyl (C=O) groups excluding carboxylic acids is 1. The monoisotopic (exact) mass is 372 g/mol. The maximum atomic E-state index is 12.4. The molecule has 0 bridgehead atoms. The van der Waals surface area contributed by atoms with Crippen LogP contribution in [0.1, 0.15) is 11.1 Å². The van der Waals surface area contributed by atoms with E-state index < -0.39 is 0 Å². The van der Waals surface area contributed by atoms with Crippen molar-refractivity contribution in [3.63, 3.8) is 0 Å². The van der Waals surface area contributed by atoms with Crippen LogP contribution >= 0.6 is 0 Å². The summed E-state index contributed by atoms with van der Waals surface area (Å²) in [5.41, 5.74) is 5.07. The molecular weight excluding hydrogens is 352 g/mol. The fraction of sp³-hybridized carbons (Fsp3) is 0.130. The summed E-state index contributed by atoms with van der Waals surface area (Å²) < 4.78 is 11.0. The highest BCUT2D eigenvalue weighted by molar-refractivity contribution is 5.94. The highest BCUT2D eigenvalue weighted by Crippen LogP contribution is 2.28. The quantitative estimate of drug-likeness (QED) is 0.536. The number of ether oxygens (including phenoxy) is 1. The third-order valence-corrected chi connectivity index (χ3v) is 4.57. The normalized spacial score (nSPS) is 10.8.